The van der Waals surface area contributed by atoms with E-state index in [9.17, 15) is 0 Å². The van der Waals surface area contributed by atoms with Gasteiger partial charge in [0, 0.05) is 11.6 Å². The molecule has 4 nitrogen and oxygen atoms in total. The van der Waals surface area contributed by atoms with Crippen molar-refractivity contribution in [2.45, 2.75) is 32.9 Å². The summed E-state index contributed by atoms with van der Waals surface area (Å²) in [5.74, 6) is 2.24. The SMILES string of the molecule is COc1cccc(COc2cccc(NC(C)(C)C)n2)c1. The number of hydrogen-bond donors (Lipinski definition) is 1. The lowest BCUT2D eigenvalue weighted by atomic mass is 10.1. The number of aromatic nitrogens is 1. The Morgan fingerprint density at radius 1 is 1.10 bits per heavy atom. The summed E-state index contributed by atoms with van der Waals surface area (Å²) in [6.07, 6.45) is 0. The summed E-state index contributed by atoms with van der Waals surface area (Å²) in [4.78, 5) is 4.45. The number of pyridine rings is 1. The summed E-state index contributed by atoms with van der Waals surface area (Å²) in [5.41, 5.74) is 1.02. The first-order chi connectivity index (χ1) is 9.96. The fourth-order valence-corrected chi connectivity index (χ4v) is 1.87. The second kappa shape index (κ2) is 6.48. The number of hydrogen-bond acceptors (Lipinski definition) is 4. The second-order valence-electron chi connectivity index (χ2n) is 5.88. The fourth-order valence-electron chi connectivity index (χ4n) is 1.87. The quantitative estimate of drug-likeness (QED) is 0.906. The zero-order chi connectivity index (χ0) is 15.3. The highest BCUT2D eigenvalue weighted by atomic mass is 16.5. The number of methoxy groups -OCH3 is 1. The maximum atomic E-state index is 5.74. The van der Waals surface area contributed by atoms with Crippen molar-refractivity contribution in [2.75, 3.05) is 12.4 Å². The molecule has 0 aliphatic heterocycles. The van der Waals surface area contributed by atoms with Crippen molar-refractivity contribution in [1.29, 1.82) is 0 Å². The Hall–Kier alpha value is -2.23. The third kappa shape index (κ3) is 4.99. The zero-order valence-electron chi connectivity index (χ0n) is 13.0. The van der Waals surface area contributed by atoms with E-state index in [0.29, 0.717) is 12.5 Å². The van der Waals surface area contributed by atoms with Crippen LogP contribution in [-0.2, 0) is 6.61 Å². The van der Waals surface area contributed by atoms with Crippen molar-refractivity contribution < 1.29 is 9.47 Å². The number of rotatable bonds is 5. The molecular weight excluding hydrogens is 264 g/mol. The third-order valence-electron chi connectivity index (χ3n) is 2.75. The Balaban J connectivity index is 2.01. The Kier molecular flexibility index (Phi) is 4.68. The van der Waals surface area contributed by atoms with Crippen molar-refractivity contribution in [3.63, 3.8) is 0 Å². The van der Waals surface area contributed by atoms with E-state index >= 15 is 0 Å². The summed E-state index contributed by atoms with van der Waals surface area (Å²) in [6, 6.07) is 13.5. The van der Waals surface area contributed by atoms with Crippen LogP contribution in [0, 0.1) is 0 Å². The third-order valence-corrected chi connectivity index (χ3v) is 2.75. The summed E-state index contributed by atoms with van der Waals surface area (Å²) in [6.45, 7) is 6.75. The van der Waals surface area contributed by atoms with Gasteiger partial charge in [-0.05, 0) is 44.5 Å². The maximum Gasteiger partial charge on any atom is 0.215 e. The van der Waals surface area contributed by atoms with E-state index in [2.05, 4.69) is 31.1 Å². The predicted octanol–water partition coefficient (Wildman–Crippen LogP) is 3.88. The van der Waals surface area contributed by atoms with Crippen LogP contribution in [0.3, 0.4) is 0 Å². The molecule has 1 N–H and O–H groups in total. The van der Waals surface area contributed by atoms with Gasteiger partial charge in [-0.15, -0.1) is 0 Å². The van der Waals surface area contributed by atoms with E-state index in [1.54, 1.807) is 7.11 Å². The van der Waals surface area contributed by atoms with Gasteiger partial charge < -0.3 is 14.8 Å². The molecule has 0 bridgehead atoms. The average Bonchev–Trinajstić information content (AvgIpc) is 2.44. The molecule has 1 aromatic heterocycles. The highest BCUT2D eigenvalue weighted by Crippen LogP contribution is 2.18. The first kappa shape index (κ1) is 15.2. The van der Waals surface area contributed by atoms with Crippen LogP contribution in [0.5, 0.6) is 11.6 Å². The monoisotopic (exact) mass is 286 g/mol. The van der Waals surface area contributed by atoms with E-state index in [1.165, 1.54) is 0 Å². The highest BCUT2D eigenvalue weighted by Gasteiger charge is 2.10. The summed E-state index contributed by atoms with van der Waals surface area (Å²) in [5, 5.41) is 3.33. The molecule has 0 aliphatic rings. The largest absolute Gasteiger partial charge is 0.497 e. The van der Waals surface area contributed by atoms with Gasteiger partial charge in [0.1, 0.15) is 18.2 Å². The molecule has 0 radical (unpaired) electrons. The van der Waals surface area contributed by atoms with Gasteiger partial charge in [-0.25, -0.2) is 0 Å². The molecule has 112 valence electrons. The molecule has 0 fully saturated rings. The maximum absolute atomic E-state index is 5.74. The van der Waals surface area contributed by atoms with Crippen LogP contribution < -0.4 is 14.8 Å². The molecule has 4 heteroatoms. The number of nitrogens with zero attached hydrogens (tertiary/aromatic N) is 1. The fraction of sp³-hybridized carbons (Fsp3) is 0.353. The molecule has 2 aromatic rings. The van der Waals surface area contributed by atoms with Crippen LogP contribution in [0.2, 0.25) is 0 Å². The molecule has 1 heterocycles. The smallest absolute Gasteiger partial charge is 0.215 e. The average molecular weight is 286 g/mol. The summed E-state index contributed by atoms with van der Waals surface area (Å²) in [7, 11) is 1.66. The highest BCUT2D eigenvalue weighted by molar-refractivity contribution is 5.39. The van der Waals surface area contributed by atoms with Crippen LogP contribution in [0.1, 0.15) is 26.3 Å². The normalized spacial score (nSPS) is 11.0. The summed E-state index contributed by atoms with van der Waals surface area (Å²) >= 11 is 0. The van der Waals surface area contributed by atoms with E-state index in [1.807, 2.05) is 42.5 Å². The molecule has 2 rings (SSSR count). The molecule has 0 unspecified atom stereocenters. The molecule has 0 amide bonds. The van der Waals surface area contributed by atoms with E-state index in [0.717, 1.165) is 17.1 Å². The molecular formula is C17H22N2O2. The minimum atomic E-state index is -0.0293. The standard InChI is InChI=1S/C17H22N2O2/c1-17(2,3)19-15-9-6-10-16(18-15)21-12-13-7-5-8-14(11-13)20-4/h5-11H,12H2,1-4H3,(H,18,19). The van der Waals surface area contributed by atoms with Crippen molar-refractivity contribution in [3.05, 3.63) is 48.0 Å². The van der Waals surface area contributed by atoms with Crippen LogP contribution in [0.25, 0.3) is 0 Å². The Bertz CT molecular complexity index is 591. The number of ether oxygens (including phenoxy) is 2. The van der Waals surface area contributed by atoms with Crippen molar-refractivity contribution >= 4 is 5.82 Å². The topological polar surface area (TPSA) is 43.4 Å². The number of anilines is 1. The predicted molar refractivity (Wildman–Crippen MR) is 84.9 cm³/mol. The first-order valence-corrected chi connectivity index (χ1v) is 6.97. The number of nitrogens with one attached hydrogen (secondary N) is 1. The van der Waals surface area contributed by atoms with Gasteiger partial charge in [0.2, 0.25) is 5.88 Å². The van der Waals surface area contributed by atoms with Crippen molar-refractivity contribution in [3.8, 4) is 11.6 Å². The molecule has 0 atom stereocenters. The Labute approximate surface area is 126 Å². The van der Waals surface area contributed by atoms with Gasteiger partial charge in [0.15, 0.2) is 0 Å². The lowest BCUT2D eigenvalue weighted by molar-refractivity contribution is 0.293. The molecule has 0 saturated heterocycles. The summed E-state index contributed by atoms with van der Waals surface area (Å²) < 4.78 is 10.9. The second-order valence-corrected chi connectivity index (χ2v) is 5.88. The Morgan fingerprint density at radius 3 is 2.57 bits per heavy atom. The molecule has 0 spiro atoms. The van der Waals surface area contributed by atoms with Gasteiger partial charge in [0.05, 0.1) is 7.11 Å². The van der Waals surface area contributed by atoms with Crippen molar-refractivity contribution in [2.24, 2.45) is 0 Å². The van der Waals surface area contributed by atoms with Crippen molar-refractivity contribution in [1.82, 2.24) is 4.98 Å². The van der Waals surface area contributed by atoms with Gasteiger partial charge in [-0.3, -0.25) is 0 Å². The Morgan fingerprint density at radius 2 is 1.86 bits per heavy atom. The van der Waals surface area contributed by atoms with Gasteiger partial charge in [-0.1, -0.05) is 18.2 Å². The minimum Gasteiger partial charge on any atom is -0.497 e. The van der Waals surface area contributed by atoms with E-state index < -0.39 is 0 Å². The van der Waals surface area contributed by atoms with Crippen LogP contribution in [-0.4, -0.2) is 17.6 Å². The lowest BCUT2D eigenvalue weighted by Crippen LogP contribution is -2.26. The van der Waals surface area contributed by atoms with E-state index in [4.69, 9.17) is 9.47 Å². The first-order valence-electron chi connectivity index (χ1n) is 6.97. The lowest BCUT2D eigenvalue weighted by Gasteiger charge is -2.21. The minimum absolute atomic E-state index is 0.0293. The number of benzene rings is 1. The zero-order valence-corrected chi connectivity index (χ0v) is 13.0. The van der Waals surface area contributed by atoms with Crippen LogP contribution >= 0.6 is 0 Å². The molecule has 21 heavy (non-hydrogen) atoms. The van der Waals surface area contributed by atoms with Gasteiger partial charge in [-0.2, -0.15) is 4.98 Å². The van der Waals surface area contributed by atoms with Gasteiger partial charge >= 0.3 is 0 Å². The van der Waals surface area contributed by atoms with E-state index in [-0.39, 0.29) is 5.54 Å². The van der Waals surface area contributed by atoms with Crippen LogP contribution in [0.4, 0.5) is 5.82 Å². The van der Waals surface area contributed by atoms with Gasteiger partial charge in [0.25, 0.3) is 0 Å². The molecule has 0 aliphatic carbocycles. The molecule has 1 aromatic carbocycles. The molecule has 0 saturated carbocycles. The van der Waals surface area contributed by atoms with Crippen LogP contribution in [0.15, 0.2) is 42.5 Å².